The number of hydrogen-bond donors (Lipinski definition) is 2. The van der Waals surface area contributed by atoms with Crippen molar-refractivity contribution >= 4 is 11.6 Å². The van der Waals surface area contributed by atoms with Crippen molar-refractivity contribution in [1.29, 1.82) is 0 Å². The van der Waals surface area contributed by atoms with Gasteiger partial charge >= 0.3 is 0 Å². The normalized spacial score (nSPS) is 10.2. The summed E-state index contributed by atoms with van der Waals surface area (Å²) >= 11 is 0. The van der Waals surface area contributed by atoms with Crippen LogP contribution < -0.4 is 15.8 Å². The van der Waals surface area contributed by atoms with Gasteiger partial charge in [0.05, 0.1) is 0 Å². The Morgan fingerprint density at radius 2 is 2.05 bits per heavy atom. The number of aryl methyl sites for hydroxylation is 1. The van der Waals surface area contributed by atoms with Crippen LogP contribution in [-0.2, 0) is 11.3 Å². The minimum atomic E-state index is -0.335. The summed E-state index contributed by atoms with van der Waals surface area (Å²) in [6.45, 7) is 1.94. The molecule has 0 radical (unpaired) electrons. The lowest BCUT2D eigenvalue weighted by atomic mass is 10.2. The van der Waals surface area contributed by atoms with Crippen LogP contribution in [0.15, 0.2) is 42.5 Å². The van der Waals surface area contributed by atoms with Crippen molar-refractivity contribution in [2.24, 2.45) is 5.73 Å². The van der Waals surface area contributed by atoms with Crippen molar-refractivity contribution in [2.75, 3.05) is 11.9 Å². The molecule has 0 aromatic heterocycles. The number of nitrogens with one attached hydrogen (secondary N) is 1. The summed E-state index contributed by atoms with van der Waals surface area (Å²) in [5, 5.41) is 2.68. The third kappa shape index (κ3) is 4.03. The molecule has 0 fully saturated rings. The van der Waals surface area contributed by atoms with Gasteiger partial charge in [-0.05, 0) is 36.8 Å². The third-order valence-electron chi connectivity index (χ3n) is 3.01. The molecule has 0 spiro atoms. The molecule has 0 atom stereocenters. The Morgan fingerprint density at radius 3 is 2.76 bits per heavy atom. The van der Waals surface area contributed by atoms with E-state index < -0.39 is 0 Å². The van der Waals surface area contributed by atoms with Gasteiger partial charge in [0.1, 0.15) is 11.6 Å². The largest absolute Gasteiger partial charge is 0.483 e. The minimum Gasteiger partial charge on any atom is -0.483 e. The molecule has 0 bridgehead atoms. The molecular formula is C16H17FN2O2. The van der Waals surface area contributed by atoms with Crippen LogP contribution in [0.5, 0.6) is 5.75 Å². The second-order valence-corrected chi connectivity index (χ2v) is 4.61. The number of carbonyl (C=O) groups excluding carboxylic acids is 1. The van der Waals surface area contributed by atoms with Crippen molar-refractivity contribution < 1.29 is 13.9 Å². The third-order valence-corrected chi connectivity index (χ3v) is 3.01. The van der Waals surface area contributed by atoms with E-state index in [0.29, 0.717) is 23.5 Å². The molecule has 21 heavy (non-hydrogen) atoms. The van der Waals surface area contributed by atoms with Gasteiger partial charge in [-0.25, -0.2) is 4.39 Å². The SMILES string of the molecule is Cc1cc(F)ccc1NC(=O)COc1ccccc1CN. The van der Waals surface area contributed by atoms with Crippen LogP contribution in [0.3, 0.4) is 0 Å². The number of benzene rings is 2. The summed E-state index contributed by atoms with van der Waals surface area (Å²) in [6, 6.07) is 11.5. The first-order valence-corrected chi connectivity index (χ1v) is 6.57. The Balaban J connectivity index is 1.96. The van der Waals surface area contributed by atoms with Crippen molar-refractivity contribution in [1.82, 2.24) is 0 Å². The zero-order chi connectivity index (χ0) is 15.2. The summed E-state index contributed by atoms with van der Waals surface area (Å²) in [5.41, 5.74) is 7.66. The fraction of sp³-hybridized carbons (Fsp3) is 0.188. The molecule has 0 heterocycles. The second kappa shape index (κ2) is 6.85. The van der Waals surface area contributed by atoms with Crippen molar-refractivity contribution in [3.05, 3.63) is 59.4 Å². The standard InChI is InChI=1S/C16H17FN2O2/c1-11-8-13(17)6-7-14(11)19-16(20)10-21-15-5-3-2-4-12(15)9-18/h2-8H,9-10,18H2,1H3,(H,19,20). The number of hydrogen-bond acceptors (Lipinski definition) is 3. The van der Waals surface area contributed by atoms with Gasteiger partial charge in [-0.3, -0.25) is 4.79 Å². The van der Waals surface area contributed by atoms with Gasteiger partial charge in [-0.2, -0.15) is 0 Å². The zero-order valence-corrected chi connectivity index (χ0v) is 11.7. The number of anilines is 1. The van der Waals surface area contributed by atoms with E-state index in [0.717, 1.165) is 5.56 Å². The summed E-state index contributed by atoms with van der Waals surface area (Å²) < 4.78 is 18.4. The number of carbonyl (C=O) groups is 1. The van der Waals surface area contributed by atoms with Gasteiger partial charge in [-0.15, -0.1) is 0 Å². The number of rotatable bonds is 5. The summed E-state index contributed by atoms with van der Waals surface area (Å²) in [7, 11) is 0. The average molecular weight is 288 g/mol. The Bertz CT molecular complexity index is 644. The Morgan fingerprint density at radius 1 is 1.29 bits per heavy atom. The van der Waals surface area contributed by atoms with Crippen LogP contribution in [-0.4, -0.2) is 12.5 Å². The highest BCUT2D eigenvalue weighted by atomic mass is 19.1. The van der Waals surface area contributed by atoms with E-state index in [1.54, 1.807) is 13.0 Å². The lowest BCUT2D eigenvalue weighted by Crippen LogP contribution is -2.21. The first-order valence-electron chi connectivity index (χ1n) is 6.57. The summed E-state index contributed by atoms with van der Waals surface area (Å²) in [5.74, 6) is -0.0545. The highest BCUT2D eigenvalue weighted by Crippen LogP contribution is 2.18. The Labute approximate surface area is 122 Å². The molecule has 0 aliphatic carbocycles. The zero-order valence-electron chi connectivity index (χ0n) is 11.7. The van der Waals surface area contributed by atoms with E-state index in [-0.39, 0.29) is 18.3 Å². The molecule has 3 N–H and O–H groups in total. The van der Waals surface area contributed by atoms with Gasteiger partial charge in [0.2, 0.25) is 0 Å². The van der Waals surface area contributed by atoms with Crippen LogP contribution in [0, 0.1) is 12.7 Å². The van der Waals surface area contributed by atoms with Crippen molar-refractivity contribution in [3.63, 3.8) is 0 Å². The lowest BCUT2D eigenvalue weighted by molar-refractivity contribution is -0.118. The molecule has 0 saturated heterocycles. The fourth-order valence-electron chi connectivity index (χ4n) is 1.91. The van der Waals surface area contributed by atoms with Gasteiger partial charge in [0.15, 0.2) is 6.61 Å². The number of amides is 1. The monoisotopic (exact) mass is 288 g/mol. The maximum atomic E-state index is 13.0. The maximum absolute atomic E-state index is 13.0. The second-order valence-electron chi connectivity index (χ2n) is 4.61. The summed E-state index contributed by atoms with van der Waals surface area (Å²) in [6.07, 6.45) is 0. The fourth-order valence-corrected chi connectivity index (χ4v) is 1.91. The number of ether oxygens (including phenoxy) is 1. The van der Waals surface area contributed by atoms with E-state index >= 15 is 0 Å². The van der Waals surface area contributed by atoms with Crippen LogP contribution in [0.25, 0.3) is 0 Å². The molecule has 0 saturated carbocycles. The molecule has 0 aliphatic rings. The molecule has 2 rings (SSSR count). The Hall–Kier alpha value is -2.40. The number of para-hydroxylation sites is 1. The number of nitrogens with two attached hydrogens (primary N) is 1. The first-order chi connectivity index (χ1) is 10.1. The minimum absolute atomic E-state index is 0.131. The highest BCUT2D eigenvalue weighted by Gasteiger charge is 2.08. The smallest absolute Gasteiger partial charge is 0.262 e. The first kappa shape index (κ1) is 15.0. The van der Waals surface area contributed by atoms with Crippen LogP contribution in [0.1, 0.15) is 11.1 Å². The molecule has 0 unspecified atom stereocenters. The van der Waals surface area contributed by atoms with Gasteiger partial charge in [-0.1, -0.05) is 18.2 Å². The van der Waals surface area contributed by atoms with E-state index in [1.807, 2.05) is 18.2 Å². The predicted molar refractivity (Wildman–Crippen MR) is 79.6 cm³/mol. The van der Waals surface area contributed by atoms with Crippen LogP contribution >= 0.6 is 0 Å². The predicted octanol–water partition coefficient (Wildman–Crippen LogP) is 2.61. The molecule has 4 nitrogen and oxygen atoms in total. The van der Waals surface area contributed by atoms with Crippen LogP contribution in [0.2, 0.25) is 0 Å². The van der Waals surface area contributed by atoms with Crippen molar-refractivity contribution in [3.8, 4) is 5.75 Å². The van der Waals surface area contributed by atoms with Gasteiger partial charge in [0.25, 0.3) is 5.91 Å². The van der Waals surface area contributed by atoms with E-state index in [2.05, 4.69) is 5.32 Å². The molecule has 0 aliphatic heterocycles. The average Bonchev–Trinajstić information content (AvgIpc) is 2.48. The van der Waals surface area contributed by atoms with Crippen LogP contribution in [0.4, 0.5) is 10.1 Å². The van der Waals surface area contributed by atoms with Crippen molar-refractivity contribution in [2.45, 2.75) is 13.5 Å². The van der Waals surface area contributed by atoms with E-state index in [1.165, 1.54) is 18.2 Å². The van der Waals surface area contributed by atoms with Gasteiger partial charge < -0.3 is 15.8 Å². The van der Waals surface area contributed by atoms with E-state index in [4.69, 9.17) is 10.5 Å². The molecule has 2 aromatic carbocycles. The molecular weight excluding hydrogens is 271 g/mol. The topological polar surface area (TPSA) is 64.3 Å². The lowest BCUT2D eigenvalue weighted by Gasteiger charge is -2.11. The number of halogens is 1. The van der Waals surface area contributed by atoms with Gasteiger partial charge in [0, 0.05) is 17.8 Å². The highest BCUT2D eigenvalue weighted by molar-refractivity contribution is 5.92. The molecule has 1 amide bonds. The molecule has 2 aromatic rings. The quantitative estimate of drug-likeness (QED) is 0.889. The summed E-state index contributed by atoms with van der Waals surface area (Å²) in [4.78, 5) is 11.9. The van der Waals surface area contributed by atoms with E-state index in [9.17, 15) is 9.18 Å². The maximum Gasteiger partial charge on any atom is 0.262 e. The molecule has 5 heteroatoms. The Kier molecular flexibility index (Phi) is 4.90. The molecule has 110 valence electrons.